The Morgan fingerprint density at radius 1 is 0.641 bits per heavy atom. The molecule has 336 valence electrons. The lowest BCUT2D eigenvalue weighted by molar-refractivity contribution is -0.136. The van der Waals surface area contributed by atoms with Crippen molar-refractivity contribution < 1.29 is 28.7 Å². The molecule has 3 aliphatic rings. The van der Waals surface area contributed by atoms with Crippen LogP contribution in [-0.2, 0) is 19.1 Å². The molecule has 0 radical (unpaired) electrons. The van der Waals surface area contributed by atoms with Crippen LogP contribution in [0.1, 0.15) is 113 Å². The third-order valence-corrected chi connectivity index (χ3v) is 14.2. The number of hydrogen-bond acceptors (Lipinski definition) is 11. The number of fused-ring (bicyclic) bond motifs is 3. The Morgan fingerprint density at radius 2 is 1.12 bits per heavy atom. The number of carbonyl (C=O) groups excluding carboxylic acids is 4. The minimum atomic E-state index is -0.710. The van der Waals surface area contributed by atoms with Crippen molar-refractivity contribution in [1.29, 1.82) is 0 Å². The molecule has 9 rings (SSSR count). The number of para-hydroxylation sites is 1. The van der Waals surface area contributed by atoms with Crippen molar-refractivity contribution in [2.24, 2.45) is 11.8 Å². The Labute approximate surface area is 375 Å². The number of imidazole rings is 2. The number of likely N-dealkylation sites (tertiary alicyclic amines) is 2. The number of aromatic nitrogens is 5. The summed E-state index contributed by atoms with van der Waals surface area (Å²) >= 11 is 1.70. The maximum Gasteiger partial charge on any atom is 0.407 e. The van der Waals surface area contributed by atoms with Crippen LogP contribution in [0.3, 0.4) is 0 Å². The van der Waals surface area contributed by atoms with E-state index in [1.807, 2.05) is 49.6 Å². The molecule has 3 aromatic heterocycles. The lowest BCUT2D eigenvalue weighted by Crippen LogP contribution is -2.51. The molecule has 16 nitrogen and oxygen atoms in total. The highest BCUT2D eigenvalue weighted by Crippen LogP contribution is 2.49. The third-order valence-electron chi connectivity index (χ3n) is 13.2. The molecule has 4 N–H and O–H groups in total. The normalized spacial score (nSPS) is 21.1. The standard InChI is InChI=1S/C47H56N10O6S/c1-25(2)39(53-46(60)62-5)43(58)55-21-9-12-36(55)41-48-29-17-15-27(23-32(29)50-41)34-19-20-35(57(34)45-52-31-11-7-8-14-38(31)64-45)28-16-18-30-33(24-28)51-42(49-30)37-13-10-22-56(37)44(59)40(26(3)4)54-47(61)63-6/h7-8,11,14-18,23-26,34-37,39-40H,9-10,12-13,19-22H2,1-6H3,(H,48,50)(H,49,51)(H,53,60)(H,54,61)/t34-,35-,36+,37+,39+,40+/m1/s1. The first-order valence-corrected chi connectivity index (χ1v) is 23.2. The van der Waals surface area contributed by atoms with Gasteiger partial charge in [-0.3, -0.25) is 9.59 Å². The number of carbonyl (C=O) groups is 4. The van der Waals surface area contributed by atoms with Gasteiger partial charge in [0.15, 0.2) is 5.13 Å². The van der Waals surface area contributed by atoms with E-state index in [-0.39, 0.29) is 47.8 Å². The van der Waals surface area contributed by atoms with E-state index < -0.39 is 24.3 Å². The lowest BCUT2D eigenvalue weighted by Gasteiger charge is -2.31. The van der Waals surface area contributed by atoms with Crippen molar-refractivity contribution in [3.05, 3.63) is 83.4 Å². The fourth-order valence-electron chi connectivity index (χ4n) is 9.91. The van der Waals surface area contributed by atoms with Gasteiger partial charge in [-0.1, -0.05) is 63.3 Å². The summed E-state index contributed by atoms with van der Waals surface area (Å²) in [6, 6.07) is 19.2. The Bertz CT molecular complexity index is 2530. The predicted molar refractivity (Wildman–Crippen MR) is 245 cm³/mol. The number of nitrogens with one attached hydrogen (secondary N) is 4. The fourth-order valence-corrected chi connectivity index (χ4v) is 11.0. The number of H-pyrrole nitrogens is 2. The molecular weight excluding hydrogens is 833 g/mol. The number of ether oxygens (including phenoxy) is 2. The Morgan fingerprint density at radius 3 is 1.58 bits per heavy atom. The number of aromatic amines is 2. The average Bonchev–Trinajstić information content (AvgIpc) is 4.15. The summed E-state index contributed by atoms with van der Waals surface area (Å²) in [6.45, 7) is 8.82. The zero-order valence-corrected chi connectivity index (χ0v) is 37.9. The van der Waals surface area contributed by atoms with E-state index in [1.54, 1.807) is 11.3 Å². The molecule has 0 unspecified atom stereocenters. The van der Waals surface area contributed by atoms with Crippen LogP contribution in [0.4, 0.5) is 14.7 Å². The van der Waals surface area contributed by atoms with E-state index in [1.165, 1.54) is 14.2 Å². The van der Waals surface area contributed by atoms with E-state index >= 15 is 0 Å². The van der Waals surface area contributed by atoms with E-state index in [9.17, 15) is 19.2 Å². The van der Waals surface area contributed by atoms with Crippen molar-refractivity contribution in [3.63, 3.8) is 0 Å². The minimum absolute atomic E-state index is 0.0149. The van der Waals surface area contributed by atoms with Crippen molar-refractivity contribution in [1.82, 2.24) is 45.4 Å². The van der Waals surface area contributed by atoms with Gasteiger partial charge in [0, 0.05) is 13.1 Å². The lowest BCUT2D eigenvalue weighted by atomic mass is 10.0. The maximum absolute atomic E-state index is 13.9. The molecule has 0 bridgehead atoms. The highest BCUT2D eigenvalue weighted by atomic mass is 32.1. The zero-order chi connectivity index (χ0) is 44.8. The second-order valence-electron chi connectivity index (χ2n) is 17.9. The summed E-state index contributed by atoms with van der Waals surface area (Å²) in [4.78, 5) is 80.6. The second-order valence-corrected chi connectivity index (χ2v) is 18.9. The maximum atomic E-state index is 13.9. The first-order chi connectivity index (χ1) is 30.9. The SMILES string of the molecule is COC(=O)N[C@H](C(=O)N1CCC[C@H]1c1nc2ccc([C@H]3CC[C@H](c4ccc5nc([C@@H]6CCCN6C(=O)[C@@H](NC(=O)OC)C(C)C)[nH]c5c4)N3c3nc4ccccc4s3)cc2[nH]1)C(C)C. The van der Waals surface area contributed by atoms with Crippen molar-refractivity contribution in [2.45, 2.75) is 102 Å². The molecule has 6 atom stereocenters. The van der Waals surface area contributed by atoms with Gasteiger partial charge in [-0.2, -0.15) is 0 Å². The van der Waals surface area contributed by atoms with Crippen LogP contribution in [0.5, 0.6) is 0 Å². The first kappa shape index (κ1) is 43.0. The second kappa shape index (κ2) is 17.7. The number of thiazole rings is 1. The van der Waals surface area contributed by atoms with Crippen molar-refractivity contribution in [2.75, 3.05) is 32.2 Å². The number of nitrogens with zero attached hydrogens (tertiary/aromatic N) is 6. The summed E-state index contributed by atoms with van der Waals surface area (Å²) in [7, 11) is 2.60. The van der Waals surface area contributed by atoms with Gasteiger partial charge in [0.05, 0.1) is 70.7 Å². The molecule has 3 aliphatic heterocycles. The average molecular weight is 889 g/mol. The summed E-state index contributed by atoms with van der Waals surface area (Å²) in [5.74, 6) is 0.942. The Balaban J connectivity index is 1.01. The topological polar surface area (TPSA) is 191 Å². The smallest absolute Gasteiger partial charge is 0.407 e. The number of alkyl carbamates (subject to hydrolysis) is 2. The van der Waals surface area contributed by atoms with Crippen LogP contribution in [-0.4, -0.2) is 98.1 Å². The molecule has 64 heavy (non-hydrogen) atoms. The summed E-state index contributed by atoms with van der Waals surface area (Å²) < 4.78 is 10.8. The van der Waals surface area contributed by atoms with Crippen LogP contribution in [0.25, 0.3) is 32.3 Å². The van der Waals surface area contributed by atoms with Crippen LogP contribution < -0.4 is 15.5 Å². The molecule has 3 saturated heterocycles. The number of amides is 4. The van der Waals surface area contributed by atoms with Crippen molar-refractivity contribution >= 4 is 72.8 Å². The minimum Gasteiger partial charge on any atom is -0.453 e. The quantitative estimate of drug-likeness (QED) is 0.0986. The third kappa shape index (κ3) is 8.09. The summed E-state index contributed by atoms with van der Waals surface area (Å²) in [5.41, 5.74) is 6.71. The van der Waals surface area contributed by atoms with Gasteiger partial charge < -0.3 is 44.8 Å². The van der Waals surface area contributed by atoms with E-state index in [0.29, 0.717) is 13.1 Å². The molecule has 0 spiro atoms. The van der Waals surface area contributed by atoms with Gasteiger partial charge >= 0.3 is 12.2 Å². The molecule has 4 amide bonds. The first-order valence-electron chi connectivity index (χ1n) is 22.3. The van der Waals surface area contributed by atoms with E-state index in [2.05, 4.69) is 74.0 Å². The number of methoxy groups -OCH3 is 2. The van der Waals surface area contributed by atoms with Gasteiger partial charge in [0.25, 0.3) is 0 Å². The van der Waals surface area contributed by atoms with Crippen LogP contribution >= 0.6 is 11.3 Å². The Kier molecular flexibility index (Phi) is 11.9. The van der Waals surface area contributed by atoms with E-state index in [0.717, 1.165) is 98.7 Å². The molecule has 0 aliphatic carbocycles. The summed E-state index contributed by atoms with van der Waals surface area (Å²) in [6.07, 6.45) is 3.74. The molecule has 6 aromatic rings. The largest absolute Gasteiger partial charge is 0.453 e. The Hall–Kier alpha value is -6.23. The number of anilines is 1. The van der Waals surface area contributed by atoms with Crippen LogP contribution in [0.15, 0.2) is 60.7 Å². The summed E-state index contributed by atoms with van der Waals surface area (Å²) in [5, 5.41) is 6.42. The van der Waals surface area contributed by atoms with E-state index in [4.69, 9.17) is 24.4 Å². The molecule has 3 fully saturated rings. The van der Waals surface area contributed by atoms with Gasteiger partial charge in [-0.15, -0.1) is 0 Å². The monoisotopic (exact) mass is 888 g/mol. The van der Waals surface area contributed by atoms with Crippen LogP contribution in [0.2, 0.25) is 0 Å². The number of rotatable bonds is 11. The van der Waals surface area contributed by atoms with Crippen LogP contribution in [0, 0.1) is 11.8 Å². The van der Waals surface area contributed by atoms with Gasteiger partial charge in [0.1, 0.15) is 23.7 Å². The molecular formula is C47H56N10O6S. The van der Waals surface area contributed by atoms with Gasteiger partial charge in [-0.25, -0.2) is 24.5 Å². The predicted octanol–water partition coefficient (Wildman–Crippen LogP) is 8.22. The zero-order valence-electron chi connectivity index (χ0n) is 37.1. The molecule has 3 aromatic carbocycles. The van der Waals surface area contributed by atoms with Gasteiger partial charge in [0.2, 0.25) is 11.8 Å². The highest BCUT2D eigenvalue weighted by Gasteiger charge is 2.41. The fraction of sp³-hybridized carbons (Fsp3) is 0.468. The highest BCUT2D eigenvalue weighted by molar-refractivity contribution is 7.22. The van der Waals surface area contributed by atoms with Crippen molar-refractivity contribution in [3.8, 4) is 0 Å². The van der Waals surface area contributed by atoms with Gasteiger partial charge in [-0.05, 0) is 97.9 Å². The molecule has 6 heterocycles. The molecule has 17 heteroatoms. The molecule has 0 saturated carbocycles. The number of benzene rings is 3. The number of hydrogen-bond donors (Lipinski definition) is 4.